The van der Waals surface area contributed by atoms with E-state index in [2.05, 4.69) is 0 Å². The van der Waals surface area contributed by atoms with E-state index in [0.29, 0.717) is 19.4 Å². The molecule has 0 aromatic carbocycles. The lowest BCUT2D eigenvalue weighted by molar-refractivity contribution is -0.130. The van der Waals surface area contributed by atoms with Crippen molar-refractivity contribution in [3.63, 3.8) is 0 Å². The van der Waals surface area contributed by atoms with Crippen LogP contribution >= 0.6 is 12.2 Å². The Morgan fingerprint density at radius 2 is 2.12 bits per heavy atom. The molecular formula is C10H18N2O3S2. The molecule has 0 saturated carbocycles. The Morgan fingerprint density at radius 1 is 1.47 bits per heavy atom. The molecule has 0 aliphatic carbocycles. The maximum Gasteiger partial charge on any atom is 0.241 e. The van der Waals surface area contributed by atoms with Gasteiger partial charge in [0.05, 0.1) is 17.3 Å². The lowest BCUT2D eigenvalue weighted by Crippen LogP contribution is -2.47. The highest BCUT2D eigenvalue weighted by molar-refractivity contribution is 7.92. The topological polar surface area (TPSA) is 80.5 Å². The van der Waals surface area contributed by atoms with E-state index in [1.807, 2.05) is 0 Å². The van der Waals surface area contributed by atoms with Crippen molar-refractivity contribution in [2.75, 3.05) is 18.8 Å². The summed E-state index contributed by atoms with van der Waals surface area (Å²) >= 11 is 4.75. The molecule has 1 rings (SSSR count). The summed E-state index contributed by atoms with van der Waals surface area (Å²) in [5.74, 6) is -0.256. The first-order chi connectivity index (χ1) is 7.88. The maximum atomic E-state index is 12.1. The lowest BCUT2D eigenvalue weighted by atomic mass is 10.1. The van der Waals surface area contributed by atoms with Crippen LogP contribution in [0.5, 0.6) is 0 Å². The number of nitrogens with two attached hydrogens (primary N) is 1. The largest absolute Gasteiger partial charge is 0.392 e. The molecule has 1 aliphatic rings. The van der Waals surface area contributed by atoms with E-state index in [9.17, 15) is 13.2 Å². The molecule has 2 N–H and O–H groups in total. The Morgan fingerprint density at radius 3 is 2.59 bits per heavy atom. The highest BCUT2D eigenvalue weighted by Crippen LogP contribution is 2.21. The second-order valence-corrected chi connectivity index (χ2v) is 7.00. The van der Waals surface area contributed by atoms with Gasteiger partial charge in [-0.05, 0) is 19.8 Å². The quantitative estimate of drug-likeness (QED) is 0.737. The maximum absolute atomic E-state index is 12.1. The van der Waals surface area contributed by atoms with Gasteiger partial charge in [0.25, 0.3) is 0 Å². The molecule has 1 saturated heterocycles. The summed E-state index contributed by atoms with van der Waals surface area (Å²) in [6.07, 6.45) is 1.84. The van der Waals surface area contributed by atoms with Crippen molar-refractivity contribution < 1.29 is 13.2 Å². The molecule has 1 aliphatic heterocycles. The molecule has 0 bridgehead atoms. The molecule has 0 aromatic heterocycles. The van der Waals surface area contributed by atoms with Crippen molar-refractivity contribution >= 4 is 33.0 Å². The van der Waals surface area contributed by atoms with Crippen LogP contribution in [0.2, 0.25) is 0 Å². The Kier molecular flexibility index (Phi) is 4.88. The van der Waals surface area contributed by atoms with Crippen molar-refractivity contribution in [3.05, 3.63) is 0 Å². The van der Waals surface area contributed by atoms with Crippen molar-refractivity contribution in [1.29, 1.82) is 0 Å². The number of nitrogens with zero attached hydrogens (tertiary/aromatic N) is 1. The van der Waals surface area contributed by atoms with E-state index >= 15 is 0 Å². The fourth-order valence-corrected chi connectivity index (χ4v) is 4.00. The van der Waals surface area contributed by atoms with Crippen molar-refractivity contribution in [1.82, 2.24) is 4.90 Å². The van der Waals surface area contributed by atoms with Gasteiger partial charge >= 0.3 is 0 Å². The first kappa shape index (κ1) is 14.4. The van der Waals surface area contributed by atoms with E-state index in [4.69, 9.17) is 18.0 Å². The fraction of sp³-hybridized carbons (Fsp3) is 0.800. The Labute approximate surface area is 107 Å². The summed E-state index contributed by atoms with van der Waals surface area (Å²) < 4.78 is 23.6. The predicted molar refractivity (Wildman–Crippen MR) is 70.5 cm³/mol. The number of amides is 1. The summed E-state index contributed by atoms with van der Waals surface area (Å²) in [6, 6.07) is 0. The Balaban J connectivity index is 2.82. The van der Waals surface area contributed by atoms with Crippen LogP contribution in [0, 0.1) is 0 Å². The number of carbonyl (C=O) groups excluding carboxylic acids is 1. The van der Waals surface area contributed by atoms with Crippen molar-refractivity contribution in [3.8, 4) is 0 Å². The van der Waals surface area contributed by atoms with Crippen LogP contribution in [-0.2, 0) is 14.6 Å². The van der Waals surface area contributed by atoms with Crippen LogP contribution < -0.4 is 5.73 Å². The molecule has 98 valence electrons. The summed E-state index contributed by atoms with van der Waals surface area (Å²) in [4.78, 5) is 13.7. The molecule has 1 atom stereocenters. The van der Waals surface area contributed by atoms with Crippen molar-refractivity contribution in [2.24, 2.45) is 5.73 Å². The number of hydrogen-bond donors (Lipinski definition) is 1. The highest BCUT2D eigenvalue weighted by atomic mass is 32.2. The Bertz CT molecular complexity index is 406. The van der Waals surface area contributed by atoms with Crippen LogP contribution in [0.15, 0.2) is 0 Å². The summed E-state index contributed by atoms with van der Waals surface area (Å²) in [7, 11) is -3.29. The minimum absolute atomic E-state index is 0.105. The number of rotatable bonds is 4. The van der Waals surface area contributed by atoms with Gasteiger partial charge < -0.3 is 10.6 Å². The van der Waals surface area contributed by atoms with Crippen LogP contribution in [0.3, 0.4) is 0 Å². The zero-order valence-electron chi connectivity index (χ0n) is 9.89. The fourth-order valence-electron chi connectivity index (χ4n) is 1.97. The molecule has 0 radical (unpaired) electrons. The number of carbonyl (C=O) groups is 1. The lowest BCUT2D eigenvalue weighted by Gasteiger charge is -2.28. The molecule has 7 heteroatoms. The first-order valence-electron chi connectivity index (χ1n) is 5.67. The van der Waals surface area contributed by atoms with E-state index in [1.54, 1.807) is 6.92 Å². The number of hydrogen-bond acceptors (Lipinski definition) is 4. The smallest absolute Gasteiger partial charge is 0.241 e. The van der Waals surface area contributed by atoms with Gasteiger partial charge in [-0.2, -0.15) is 0 Å². The molecule has 1 unspecified atom stereocenters. The number of thiocarbonyl (C=S) groups is 1. The SMILES string of the molecule is CCN(CC(N)=S)C(=O)C1CCCCS1(=O)=O. The average Bonchev–Trinajstić information content (AvgIpc) is 2.24. The average molecular weight is 278 g/mol. The minimum Gasteiger partial charge on any atom is -0.392 e. The summed E-state index contributed by atoms with van der Waals surface area (Å²) in [5.41, 5.74) is 5.39. The van der Waals surface area contributed by atoms with Gasteiger partial charge in [0.1, 0.15) is 5.25 Å². The van der Waals surface area contributed by atoms with Gasteiger partial charge in [-0.25, -0.2) is 8.42 Å². The third-order valence-corrected chi connectivity index (χ3v) is 5.19. The van der Waals surface area contributed by atoms with Crippen LogP contribution in [0.1, 0.15) is 26.2 Å². The monoisotopic (exact) mass is 278 g/mol. The normalized spacial score (nSPS) is 23.0. The molecule has 5 nitrogen and oxygen atoms in total. The standard InChI is InChI=1S/C10H18N2O3S2/c1-2-12(7-9(11)16)10(13)8-5-3-4-6-17(8,14)15/h8H,2-7H2,1H3,(H2,11,16). The van der Waals surface area contributed by atoms with Gasteiger partial charge in [-0.1, -0.05) is 18.6 Å². The highest BCUT2D eigenvalue weighted by Gasteiger charge is 2.37. The second kappa shape index (κ2) is 5.77. The summed E-state index contributed by atoms with van der Waals surface area (Å²) in [5, 5.41) is -0.898. The van der Waals surface area contributed by atoms with Gasteiger partial charge in [-0.3, -0.25) is 4.79 Å². The van der Waals surface area contributed by atoms with Gasteiger partial charge in [0.15, 0.2) is 9.84 Å². The number of likely N-dealkylation sites (N-methyl/N-ethyl adjacent to an activating group) is 1. The van der Waals surface area contributed by atoms with E-state index in [-0.39, 0.29) is 23.2 Å². The Hall–Kier alpha value is -0.690. The molecular weight excluding hydrogens is 260 g/mol. The van der Waals surface area contributed by atoms with Gasteiger partial charge in [0, 0.05) is 6.54 Å². The van der Waals surface area contributed by atoms with Crippen LogP contribution in [0.4, 0.5) is 0 Å². The predicted octanol–water partition coefficient (Wildman–Crippen LogP) is 0.0883. The van der Waals surface area contributed by atoms with E-state index in [0.717, 1.165) is 6.42 Å². The molecule has 0 aromatic rings. The third kappa shape index (κ3) is 3.64. The molecule has 17 heavy (non-hydrogen) atoms. The van der Waals surface area contributed by atoms with E-state index in [1.165, 1.54) is 4.90 Å². The third-order valence-electron chi connectivity index (χ3n) is 2.89. The van der Waals surface area contributed by atoms with Crippen molar-refractivity contribution in [2.45, 2.75) is 31.4 Å². The van der Waals surface area contributed by atoms with Crippen LogP contribution in [0.25, 0.3) is 0 Å². The molecule has 1 heterocycles. The van der Waals surface area contributed by atoms with E-state index < -0.39 is 15.1 Å². The molecule has 0 spiro atoms. The first-order valence-corrected chi connectivity index (χ1v) is 7.79. The minimum atomic E-state index is -3.29. The molecule has 1 amide bonds. The van der Waals surface area contributed by atoms with Gasteiger partial charge in [0.2, 0.25) is 5.91 Å². The zero-order valence-corrected chi connectivity index (χ0v) is 11.5. The summed E-state index contributed by atoms with van der Waals surface area (Å²) in [6.45, 7) is 2.35. The second-order valence-electron chi connectivity index (χ2n) is 4.17. The van der Waals surface area contributed by atoms with Gasteiger partial charge in [-0.15, -0.1) is 0 Å². The number of sulfone groups is 1. The molecule has 1 fully saturated rings. The zero-order chi connectivity index (χ0) is 13.1. The van der Waals surface area contributed by atoms with Crippen LogP contribution in [-0.4, -0.2) is 48.3 Å².